The number of ether oxygens (including phenoxy) is 1. The summed E-state index contributed by atoms with van der Waals surface area (Å²) >= 11 is 1.32. The van der Waals surface area contributed by atoms with Crippen molar-refractivity contribution >= 4 is 22.9 Å². The number of pyridine rings is 1. The lowest BCUT2D eigenvalue weighted by Crippen LogP contribution is -2.26. The second-order valence-electron chi connectivity index (χ2n) is 6.94. The van der Waals surface area contributed by atoms with Crippen LogP contribution in [0.3, 0.4) is 0 Å². The van der Waals surface area contributed by atoms with E-state index in [0.29, 0.717) is 11.4 Å². The lowest BCUT2D eigenvalue weighted by molar-refractivity contribution is 0.0944. The van der Waals surface area contributed by atoms with Gasteiger partial charge in [0.1, 0.15) is 16.7 Å². The van der Waals surface area contributed by atoms with Gasteiger partial charge in [-0.25, -0.2) is 4.98 Å². The normalized spacial score (nSPS) is 17.2. The Morgan fingerprint density at radius 3 is 2.90 bits per heavy atom. The zero-order chi connectivity index (χ0) is 20.2. The number of carbonyl (C=O) groups excluding carboxylic acids is 1. The quantitative estimate of drug-likeness (QED) is 0.624. The summed E-state index contributed by atoms with van der Waals surface area (Å²) in [6.07, 6.45) is 3.95. The lowest BCUT2D eigenvalue weighted by Gasteiger charge is -2.19. The SMILES string of the molecule is CC(NC(=O)c1cncs1)c1ccc(OC2CCN(c3ccnc(F)c3)C2)cc1. The molecular weight excluding hydrogens is 391 g/mol. The Morgan fingerprint density at radius 1 is 1.34 bits per heavy atom. The Bertz CT molecular complexity index is 965. The molecule has 2 atom stereocenters. The first kappa shape index (κ1) is 19.3. The number of carbonyl (C=O) groups is 1. The van der Waals surface area contributed by atoms with Crippen LogP contribution < -0.4 is 15.0 Å². The highest BCUT2D eigenvalue weighted by Crippen LogP contribution is 2.25. The van der Waals surface area contributed by atoms with Crippen LogP contribution in [0.4, 0.5) is 10.1 Å². The van der Waals surface area contributed by atoms with Crippen molar-refractivity contribution in [2.75, 3.05) is 18.0 Å². The van der Waals surface area contributed by atoms with Crippen LogP contribution in [-0.2, 0) is 0 Å². The van der Waals surface area contributed by atoms with E-state index in [0.717, 1.165) is 30.0 Å². The minimum absolute atomic E-state index is 0.0422. The maximum absolute atomic E-state index is 13.3. The molecule has 0 spiro atoms. The van der Waals surface area contributed by atoms with E-state index in [9.17, 15) is 9.18 Å². The topological polar surface area (TPSA) is 67.3 Å². The minimum Gasteiger partial charge on any atom is -0.489 e. The molecule has 3 aromatic rings. The highest BCUT2D eigenvalue weighted by molar-refractivity contribution is 7.11. The molecule has 0 radical (unpaired) electrons. The van der Waals surface area contributed by atoms with Crippen molar-refractivity contribution in [2.45, 2.75) is 25.5 Å². The van der Waals surface area contributed by atoms with Gasteiger partial charge in [-0.15, -0.1) is 11.3 Å². The smallest absolute Gasteiger partial charge is 0.263 e. The third kappa shape index (κ3) is 4.71. The van der Waals surface area contributed by atoms with E-state index in [4.69, 9.17) is 4.74 Å². The van der Waals surface area contributed by atoms with E-state index in [2.05, 4.69) is 20.2 Å². The molecule has 3 heterocycles. The number of halogens is 1. The molecule has 0 bridgehead atoms. The van der Waals surface area contributed by atoms with Gasteiger partial charge in [0.25, 0.3) is 5.91 Å². The number of aromatic nitrogens is 2. The first-order valence-corrected chi connectivity index (χ1v) is 10.3. The number of hydrogen-bond acceptors (Lipinski definition) is 6. The van der Waals surface area contributed by atoms with Crippen molar-refractivity contribution in [3.8, 4) is 5.75 Å². The van der Waals surface area contributed by atoms with Gasteiger partial charge in [-0.2, -0.15) is 4.39 Å². The van der Waals surface area contributed by atoms with Crippen molar-refractivity contribution in [3.63, 3.8) is 0 Å². The Labute approximate surface area is 172 Å². The van der Waals surface area contributed by atoms with Gasteiger partial charge in [-0.1, -0.05) is 12.1 Å². The first-order valence-electron chi connectivity index (χ1n) is 9.41. The largest absolute Gasteiger partial charge is 0.489 e. The number of benzene rings is 1. The minimum atomic E-state index is -0.473. The highest BCUT2D eigenvalue weighted by Gasteiger charge is 2.24. The Hall–Kier alpha value is -3.00. The second-order valence-corrected chi connectivity index (χ2v) is 7.83. The molecule has 2 aromatic heterocycles. The van der Waals surface area contributed by atoms with Crippen molar-refractivity contribution in [2.24, 2.45) is 0 Å². The fourth-order valence-electron chi connectivity index (χ4n) is 3.35. The molecule has 1 aliphatic heterocycles. The van der Waals surface area contributed by atoms with E-state index >= 15 is 0 Å². The number of anilines is 1. The Morgan fingerprint density at radius 2 is 2.17 bits per heavy atom. The van der Waals surface area contributed by atoms with Crippen LogP contribution in [0.2, 0.25) is 0 Å². The van der Waals surface area contributed by atoms with E-state index in [1.165, 1.54) is 23.6 Å². The number of rotatable bonds is 6. The van der Waals surface area contributed by atoms with Crippen LogP contribution in [0.1, 0.15) is 34.6 Å². The maximum atomic E-state index is 13.3. The van der Waals surface area contributed by atoms with E-state index in [1.54, 1.807) is 11.7 Å². The summed E-state index contributed by atoms with van der Waals surface area (Å²) in [5, 5.41) is 2.97. The maximum Gasteiger partial charge on any atom is 0.263 e. The van der Waals surface area contributed by atoms with Crippen molar-refractivity contribution in [1.29, 1.82) is 0 Å². The predicted octanol–water partition coefficient (Wildman–Crippen LogP) is 3.83. The second kappa shape index (κ2) is 8.57. The summed E-state index contributed by atoms with van der Waals surface area (Å²) in [4.78, 5) is 22.4. The molecule has 1 fully saturated rings. The Kier molecular flexibility index (Phi) is 5.71. The van der Waals surface area contributed by atoms with Crippen LogP contribution in [0.5, 0.6) is 5.75 Å². The van der Waals surface area contributed by atoms with Gasteiger partial charge in [-0.3, -0.25) is 9.78 Å². The summed E-state index contributed by atoms with van der Waals surface area (Å²) in [6.45, 7) is 3.46. The van der Waals surface area contributed by atoms with Gasteiger partial charge in [-0.05, 0) is 30.7 Å². The van der Waals surface area contributed by atoms with E-state index < -0.39 is 5.95 Å². The van der Waals surface area contributed by atoms with Gasteiger partial charge in [0, 0.05) is 30.9 Å². The van der Waals surface area contributed by atoms with E-state index in [-0.39, 0.29) is 18.1 Å². The molecule has 2 unspecified atom stereocenters. The molecule has 6 nitrogen and oxygen atoms in total. The monoisotopic (exact) mass is 412 g/mol. The predicted molar refractivity (Wildman–Crippen MR) is 110 cm³/mol. The van der Waals surface area contributed by atoms with Crippen LogP contribution in [-0.4, -0.2) is 35.1 Å². The van der Waals surface area contributed by atoms with Crippen molar-refractivity contribution in [3.05, 3.63) is 70.7 Å². The van der Waals surface area contributed by atoms with Gasteiger partial charge < -0.3 is 15.0 Å². The van der Waals surface area contributed by atoms with Crippen LogP contribution >= 0.6 is 11.3 Å². The van der Waals surface area contributed by atoms with Gasteiger partial charge in [0.2, 0.25) is 5.95 Å². The molecule has 150 valence electrons. The standard InChI is InChI=1S/C21H21FN4O2S/c1-14(25-21(27)19-11-23-13-29-19)15-2-4-17(5-3-15)28-18-7-9-26(12-18)16-6-8-24-20(22)10-16/h2-6,8,10-11,13-14,18H,7,9,12H2,1H3,(H,25,27). The van der Waals surface area contributed by atoms with Crippen LogP contribution in [0.25, 0.3) is 0 Å². The molecular formula is C21H21FN4O2S. The van der Waals surface area contributed by atoms with Crippen LogP contribution in [0, 0.1) is 5.95 Å². The van der Waals surface area contributed by atoms with Gasteiger partial charge >= 0.3 is 0 Å². The van der Waals surface area contributed by atoms with Crippen LogP contribution in [0.15, 0.2) is 54.3 Å². The first-order chi connectivity index (χ1) is 14.1. The summed E-state index contributed by atoms with van der Waals surface area (Å²) in [5.41, 5.74) is 3.46. The molecule has 1 amide bonds. The average Bonchev–Trinajstić information content (AvgIpc) is 3.41. The number of nitrogens with one attached hydrogen (secondary N) is 1. The lowest BCUT2D eigenvalue weighted by atomic mass is 10.1. The molecule has 8 heteroatoms. The molecule has 0 saturated carbocycles. The molecule has 4 rings (SSSR count). The summed E-state index contributed by atoms with van der Waals surface area (Å²) in [6, 6.07) is 10.9. The highest BCUT2D eigenvalue weighted by atomic mass is 32.1. The molecule has 1 aromatic carbocycles. The fraction of sp³-hybridized carbons (Fsp3) is 0.286. The molecule has 29 heavy (non-hydrogen) atoms. The zero-order valence-electron chi connectivity index (χ0n) is 15.9. The fourth-order valence-corrected chi connectivity index (χ4v) is 3.88. The number of hydrogen-bond donors (Lipinski definition) is 1. The molecule has 1 saturated heterocycles. The third-order valence-electron chi connectivity index (χ3n) is 4.91. The van der Waals surface area contributed by atoms with Crippen molar-refractivity contribution < 1.29 is 13.9 Å². The van der Waals surface area contributed by atoms with Gasteiger partial charge in [0.15, 0.2) is 0 Å². The Balaban J connectivity index is 1.32. The third-order valence-corrected chi connectivity index (χ3v) is 5.68. The molecule has 0 aliphatic carbocycles. The van der Waals surface area contributed by atoms with Gasteiger partial charge in [0.05, 0.1) is 24.3 Å². The van der Waals surface area contributed by atoms with E-state index in [1.807, 2.05) is 37.3 Å². The summed E-state index contributed by atoms with van der Waals surface area (Å²) in [7, 11) is 0. The average molecular weight is 412 g/mol. The number of amides is 1. The number of nitrogens with zero attached hydrogens (tertiary/aromatic N) is 3. The zero-order valence-corrected chi connectivity index (χ0v) is 16.7. The number of thiazole rings is 1. The summed E-state index contributed by atoms with van der Waals surface area (Å²) in [5.74, 6) is 0.181. The summed E-state index contributed by atoms with van der Waals surface area (Å²) < 4.78 is 19.4. The molecule has 1 aliphatic rings. The molecule has 1 N–H and O–H groups in total. The van der Waals surface area contributed by atoms with Crippen molar-refractivity contribution in [1.82, 2.24) is 15.3 Å².